The van der Waals surface area contributed by atoms with Crippen molar-refractivity contribution in [2.75, 3.05) is 0 Å². The summed E-state index contributed by atoms with van der Waals surface area (Å²) in [5.41, 5.74) is 9.22. The summed E-state index contributed by atoms with van der Waals surface area (Å²) in [5.74, 6) is 0.189. The van der Waals surface area contributed by atoms with E-state index in [1.807, 2.05) is 111 Å². The Kier molecular flexibility index (Phi) is 9.41. The third-order valence-corrected chi connectivity index (χ3v) is 11.2. The quantitative estimate of drug-likeness (QED) is 0.128. The normalized spacial score (nSPS) is 12.1. The van der Waals surface area contributed by atoms with Gasteiger partial charge in [-0.25, -0.2) is 0 Å². The number of hydrogen-bond donors (Lipinski definition) is 0. The molecule has 4 aromatic heterocycles. The summed E-state index contributed by atoms with van der Waals surface area (Å²) in [6.45, 7) is 10.8. The minimum atomic E-state index is -1.50. The molecule has 9 rings (SSSR count). The number of imidazole rings is 1. The van der Waals surface area contributed by atoms with E-state index in [0.29, 0.717) is 0 Å². The number of nitrogens with zero attached hydrogens (tertiary/aromatic N) is 4. The van der Waals surface area contributed by atoms with Gasteiger partial charge in [0, 0.05) is 50.3 Å². The Morgan fingerprint density at radius 2 is 1.50 bits per heavy atom. The van der Waals surface area contributed by atoms with Crippen LogP contribution in [-0.2, 0) is 20.1 Å². The SMILES string of the molecule is [2H]C(C)(C)c1cc(-c2[c-]cccc2)ncc1[Si](C)(C)C.[Ir].[c-]1ccc2c(oc3c4ccccc4cnc23)c1-c1nc2ccccc2n1-c1ccccc1. The van der Waals surface area contributed by atoms with Crippen molar-refractivity contribution in [3.63, 3.8) is 0 Å². The zero-order chi connectivity index (χ0) is 36.0. The second kappa shape index (κ2) is 14.4. The van der Waals surface area contributed by atoms with Gasteiger partial charge in [-0.2, -0.15) is 0 Å². The summed E-state index contributed by atoms with van der Waals surface area (Å²) in [7, 11) is -1.50. The monoisotopic (exact) mass is 872 g/mol. The molecule has 0 fully saturated rings. The Bertz CT molecular complexity index is 2710. The fourth-order valence-electron chi connectivity index (χ4n) is 6.68. The first-order valence-electron chi connectivity index (χ1n) is 17.7. The van der Waals surface area contributed by atoms with Crippen molar-refractivity contribution in [2.45, 2.75) is 39.4 Å². The minimum Gasteiger partial charge on any atom is -0.498 e. The van der Waals surface area contributed by atoms with Crippen LogP contribution >= 0.6 is 0 Å². The minimum absolute atomic E-state index is 0. The summed E-state index contributed by atoms with van der Waals surface area (Å²) in [4.78, 5) is 14.3. The molecule has 0 spiro atoms. The van der Waals surface area contributed by atoms with Crippen molar-refractivity contribution in [1.29, 1.82) is 0 Å². The molecule has 1 radical (unpaired) electrons. The van der Waals surface area contributed by atoms with E-state index in [1.165, 1.54) is 5.19 Å². The third kappa shape index (κ3) is 6.52. The Hall–Kier alpha value is -5.20. The van der Waals surface area contributed by atoms with E-state index in [0.717, 1.165) is 77.8 Å². The zero-order valence-electron chi connectivity index (χ0n) is 30.7. The van der Waals surface area contributed by atoms with Crippen LogP contribution in [0.3, 0.4) is 0 Å². The zero-order valence-corrected chi connectivity index (χ0v) is 33.1. The van der Waals surface area contributed by atoms with Gasteiger partial charge in [0.05, 0.1) is 36.0 Å². The molecule has 0 N–H and O–H groups in total. The van der Waals surface area contributed by atoms with Crippen LogP contribution < -0.4 is 5.19 Å². The number of benzene rings is 5. The van der Waals surface area contributed by atoms with Crippen LogP contribution in [0.4, 0.5) is 0 Å². The topological polar surface area (TPSA) is 56.7 Å². The Labute approximate surface area is 320 Å². The molecule has 52 heavy (non-hydrogen) atoms. The molecule has 0 saturated heterocycles. The van der Waals surface area contributed by atoms with Gasteiger partial charge < -0.3 is 14.0 Å². The van der Waals surface area contributed by atoms with Gasteiger partial charge in [0.15, 0.2) is 0 Å². The van der Waals surface area contributed by atoms with Crippen LogP contribution in [0.25, 0.3) is 72.2 Å². The van der Waals surface area contributed by atoms with E-state index in [9.17, 15) is 0 Å². The van der Waals surface area contributed by atoms with E-state index < -0.39 is 14.0 Å². The predicted molar refractivity (Wildman–Crippen MR) is 213 cm³/mol. The maximum absolute atomic E-state index is 8.44. The van der Waals surface area contributed by atoms with Crippen LogP contribution in [0.5, 0.6) is 0 Å². The van der Waals surface area contributed by atoms with Crippen LogP contribution in [0.1, 0.15) is 26.7 Å². The summed E-state index contributed by atoms with van der Waals surface area (Å²) < 4.78 is 17.1. The van der Waals surface area contributed by atoms with E-state index in [1.54, 1.807) is 0 Å². The first kappa shape index (κ1) is 33.9. The van der Waals surface area contributed by atoms with Crippen molar-refractivity contribution in [3.8, 4) is 28.3 Å². The van der Waals surface area contributed by atoms with Crippen LogP contribution in [0.15, 0.2) is 138 Å². The molecule has 5 nitrogen and oxygen atoms in total. The maximum atomic E-state index is 8.44. The van der Waals surface area contributed by atoms with Crippen molar-refractivity contribution in [1.82, 2.24) is 19.5 Å². The van der Waals surface area contributed by atoms with Crippen molar-refractivity contribution in [2.24, 2.45) is 0 Å². The fourth-order valence-corrected chi connectivity index (χ4v) is 8.26. The van der Waals surface area contributed by atoms with Crippen LogP contribution in [0.2, 0.25) is 19.6 Å². The van der Waals surface area contributed by atoms with Gasteiger partial charge in [-0.1, -0.05) is 105 Å². The molecule has 9 aromatic rings. The molecule has 0 aliphatic rings. The molecule has 5 aromatic carbocycles. The molecule has 0 saturated carbocycles. The summed E-state index contributed by atoms with van der Waals surface area (Å²) in [5, 5.41) is 4.35. The maximum Gasteiger partial charge on any atom is 0.147 e. The van der Waals surface area contributed by atoms with Gasteiger partial charge in [-0.3, -0.25) is 9.97 Å². The standard InChI is InChI=1S/C28H16N3O.C17H22NSi.Ir/c1-2-10-19(11-3-1)31-24-16-7-6-15-23(24)30-28(31)22-14-8-13-21-25-27(32-26(21)22)20-12-5-4-9-18(20)17-29-25;1-13(2)15-11-16(14-9-7-6-8-10-14)18-12-17(15)19(3,4)5;/h1-13,15-17H;6-9,11-13H,1-5H3;/q2*-1;/i;13D;. The number of pyridine rings is 2. The van der Waals surface area contributed by atoms with E-state index in [-0.39, 0.29) is 20.1 Å². The fraction of sp³-hybridized carbons (Fsp3) is 0.133. The molecule has 7 heteroatoms. The first-order valence-corrected chi connectivity index (χ1v) is 20.7. The molecule has 0 bridgehead atoms. The number of para-hydroxylation sites is 3. The summed E-state index contributed by atoms with van der Waals surface area (Å²) in [6, 6.07) is 47.1. The van der Waals surface area contributed by atoms with E-state index in [2.05, 4.69) is 77.7 Å². The Morgan fingerprint density at radius 3 is 2.27 bits per heavy atom. The molecule has 0 atom stereocenters. The number of hydrogen-bond acceptors (Lipinski definition) is 4. The van der Waals surface area contributed by atoms with Gasteiger partial charge >= 0.3 is 0 Å². The molecule has 0 amide bonds. The number of fused-ring (bicyclic) bond motifs is 6. The Morgan fingerprint density at radius 1 is 0.750 bits per heavy atom. The van der Waals surface area contributed by atoms with E-state index >= 15 is 0 Å². The average Bonchev–Trinajstić information content (AvgIpc) is 3.74. The second-order valence-electron chi connectivity index (χ2n) is 14.0. The van der Waals surface area contributed by atoms with Crippen LogP contribution in [0, 0.1) is 12.1 Å². The summed E-state index contributed by atoms with van der Waals surface area (Å²) >= 11 is 0. The van der Waals surface area contributed by atoms with Crippen LogP contribution in [-0.4, -0.2) is 27.6 Å². The van der Waals surface area contributed by atoms with Gasteiger partial charge in [-0.15, -0.1) is 54.1 Å². The number of aromatic nitrogens is 4. The summed E-state index contributed by atoms with van der Waals surface area (Å²) in [6.07, 6.45) is 3.89. The largest absolute Gasteiger partial charge is 0.498 e. The first-order chi connectivity index (χ1) is 25.1. The molecule has 259 valence electrons. The Balaban J connectivity index is 0.000000180. The molecule has 4 heterocycles. The van der Waals surface area contributed by atoms with Gasteiger partial charge in [-0.05, 0) is 46.4 Å². The smallest absolute Gasteiger partial charge is 0.147 e. The van der Waals surface area contributed by atoms with Gasteiger partial charge in [0.1, 0.15) is 5.58 Å². The number of furan rings is 1. The molecule has 0 aliphatic heterocycles. The molecule has 0 aliphatic carbocycles. The van der Waals surface area contributed by atoms with Gasteiger partial charge in [0.25, 0.3) is 0 Å². The second-order valence-corrected chi connectivity index (χ2v) is 19.0. The molecule has 0 unspecified atom stereocenters. The predicted octanol–water partition coefficient (Wildman–Crippen LogP) is 11.2. The van der Waals surface area contributed by atoms with Crippen molar-refractivity contribution < 1.29 is 25.9 Å². The van der Waals surface area contributed by atoms with Crippen molar-refractivity contribution >= 4 is 57.1 Å². The number of rotatable bonds is 5. The molecular formula is C45H38IrN4OSi-2. The van der Waals surface area contributed by atoms with E-state index in [4.69, 9.17) is 15.8 Å². The van der Waals surface area contributed by atoms with Crippen molar-refractivity contribution in [3.05, 3.63) is 151 Å². The molecular weight excluding hydrogens is 833 g/mol. The third-order valence-electron chi connectivity index (χ3n) is 9.20. The average molecular weight is 872 g/mol. The van der Waals surface area contributed by atoms with Gasteiger partial charge in [0.2, 0.25) is 0 Å².